The molecule has 5 rings (SSSR count). The van der Waals surface area contributed by atoms with Crippen LogP contribution in [0.3, 0.4) is 0 Å². The van der Waals surface area contributed by atoms with Crippen molar-refractivity contribution in [2.24, 2.45) is 13.0 Å². The Bertz CT molecular complexity index is 1390. The Morgan fingerprint density at radius 3 is 2.42 bits per heavy atom. The Kier molecular flexibility index (Phi) is 6.35. The number of hydrogen-bond donors (Lipinski definition) is 1. The van der Waals surface area contributed by atoms with E-state index in [-0.39, 0.29) is 22.3 Å². The topological polar surface area (TPSA) is 71.4 Å². The second-order valence-corrected chi connectivity index (χ2v) is 12.6. The number of rotatable bonds is 5. The van der Waals surface area contributed by atoms with Crippen LogP contribution in [0, 0.1) is 11.7 Å². The first-order valence-corrected chi connectivity index (χ1v) is 14.2. The van der Waals surface area contributed by atoms with E-state index >= 15 is 0 Å². The van der Waals surface area contributed by atoms with Crippen molar-refractivity contribution in [2.45, 2.75) is 68.7 Å². The SMILES string of the molecule is Cn1cc([C@@H]2CCN(C(=O)C3CCCC3)C(C)(C)C2)c2cc(NS(=O)(=O)c3ccc(F)cc3)ccc21. The largest absolute Gasteiger partial charge is 0.350 e. The van der Waals surface area contributed by atoms with Crippen LogP contribution in [-0.4, -0.2) is 35.9 Å². The van der Waals surface area contributed by atoms with Crippen molar-refractivity contribution in [1.29, 1.82) is 0 Å². The number of sulfonamides is 1. The Morgan fingerprint density at radius 1 is 1.06 bits per heavy atom. The third-order valence-corrected chi connectivity index (χ3v) is 9.38. The quantitative estimate of drug-likeness (QED) is 0.471. The second-order valence-electron chi connectivity index (χ2n) is 11.0. The van der Waals surface area contributed by atoms with E-state index in [1.54, 1.807) is 6.07 Å². The molecule has 0 unspecified atom stereocenters. The fourth-order valence-electron chi connectivity index (χ4n) is 6.11. The van der Waals surface area contributed by atoms with Gasteiger partial charge >= 0.3 is 0 Å². The Balaban J connectivity index is 1.41. The van der Waals surface area contributed by atoms with Crippen LogP contribution in [0.15, 0.2) is 53.6 Å². The molecule has 2 heterocycles. The predicted molar refractivity (Wildman–Crippen MR) is 140 cm³/mol. The summed E-state index contributed by atoms with van der Waals surface area (Å²) in [6.45, 7) is 5.07. The summed E-state index contributed by atoms with van der Waals surface area (Å²) >= 11 is 0. The maximum Gasteiger partial charge on any atom is 0.261 e. The van der Waals surface area contributed by atoms with Gasteiger partial charge < -0.3 is 9.47 Å². The third-order valence-electron chi connectivity index (χ3n) is 7.98. The summed E-state index contributed by atoms with van der Waals surface area (Å²) in [5.41, 5.74) is 2.42. The van der Waals surface area contributed by atoms with Gasteiger partial charge in [0.15, 0.2) is 0 Å². The average Bonchev–Trinajstić information content (AvgIpc) is 3.47. The molecule has 1 amide bonds. The number of carbonyl (C=O) groups is 1. The molecule has 0 radical (unpaired) electrons. The van der Waals surface area contributed by atoms with Crippen molar-refractivity contribution in [2.75, 3.05) is 11.3 Å². The highest BCUT2D eigenvalue weighted by molar-refractivity contribution is 7.92. The summed E-state index contributed by atoms with van der Waals surface area (Å²) in [4.78, 5) is 15.3. The van der Waals surface area contributed by atoms with Crippen LogP contribution < -0.4 is 4.72 Å². The number of nitrogens with one attached hydrogen (secondary N) is 1. The number of anilines is 1. The summed E-state index contributed by atoms with van der Waals surface area (Å²) in [5, 5.41) is 1.01. The van der Waals surface area contributed by atoms with Crippen LogP contribution in [-0.2, 0) is 21.9 Å². The molecule has 2 aliphatic rings. The number of aryl methyl sites for hydroxylation is 1. The van der Waals surface area contributed by atoms with Crippen LogP contribution in [0.4, 0.5) is 10.1 Å². The van der Waals surface area contributed by atoms with E-state index in [2.05, 4.69) is 34.2 Å². The predicted octanol–water partition coefficient (Wildman–Crippen LogP) is 5.79. The number of carbonyl (C=O) groups excluding carboxylic acids is 1. The normalized spacial score (nSPS) is 20.7. The summed E-state index contributed by atoms with van der Waals surface area (Å²) in [5.74, 6) is 0.268. The van der Waals surface area contributed by atoms with Crippen LogP contribution in [0.2, 0.25) is 0 Å². The van der Waals surface area contributed by atoms with Gasteiger partial charge in [-0.05, 0) is 93.5 Å². The number of halogens is 1. The zero-order valence-electron chi connectivity index (χ0n) is 21.1. The second kappa shape index (κ2) is 9.21. The van der Waals surface area contributed by atoms with Gasteiger partial charge in [0.2, 0.25) is 5.91 Å². The molecule has 8 heteroatoms. The lowest BCUT2D eigenvalue weighted by atomic mass is 9.78. The Labute approximate surface area is 212 Å². The van der Waals surface area contributed by atoms with E-state index in [1.807, 2.05) is 19.2 Å². The summed E-state index contributed by atoms with van der Waals surface area (Å²) < 4.78 is 43.7. The number of hydrogen-bond acceptors (Lipinski definition) is 3. The van der Waals surface area contributed by atoms with Crippen LogP contribution in [0.25, 0.3) is 10.9 Å². The molecule has 0 spiro atoms. The number of amides is 1. The molecule has 1 saturated carbocycles. The first kappa shape index (κ1) is 24.8. The maximum absolute atomic E-state index is 13.3. The summed E-state index contributed by atoms with van der Waals surface area (Å²) in [6, 6.07) is 10.3. The molecular weight excluding hydrogens is 477 g/mol. The number of benzene rings is 2. The molecule has 6 nitrogen and oxygen atoms in total. The fourth-order valence-corrected chi connectivity index (χ4v) is 7.16. The van der Waals surface area contributed by atoms with Crippen molar-refractivity contribution >= 4 is 32.5 Å². The number of fused-ring (bicyclic) bond motifs is 1. The van der Waals surface area contributed by atoms with Gasteiger partial charge in [0.05, 0.1) is 4.90 Å². The highest BCUT2D eigenvalue weighted by atomic mass is 32.2. The lowest BCUT2D eigenvalue weighted by Gasteiger charge is -2.46. The van der Waals surface area contributed by atoms with E-state index < -0.39 is 15.8 Å². The highest BCUT2D eigenvalue weighted by Crippen LogP contribution is 2.42. The lowest BCUT2D eigenvalue weighted by Crippen LogP contribution is -2.53. The molecule has 192 valence electrons. The molecule has 3 aromatic rings. The van der Waals surface area contributed by atoms with Gasteiger partial charge in [0.25, 0.3) is 10.0 Å². The molecule has 36 heavy (non-hydrogen) atoms. The molecule has 1 aromatic heterocycles. The molecule has 1 atom stereocenters. The van der Waals surface area contributed by atoms with Gasteiger partial charge in [0, 0.05) is 47.8 Å². The van der Waals surface area contributed by atoms with Crippen molar-refractivity contribution < 1.29 is 17.6 Å². The summed E-state index contributed by atoms with van der Waals surface area (Å²) in [6.07, 6.45) is 8.19. The molecular formula is C28H34FN3O3S. The molecule has 2 aromatic carbocycles. The third kappa shape index (κ3) is 4.63. The van der Waals surface area contributed by atoms with Gasteiger partial charge in [-0.2, -0.15) is 0 Å². The highest BCUT2D eigenvalue weighted by Gasteiger charge is 2.41. The molecule has 2 fully saturated rings. The number of piperidine rings is 1. The first-order valence-electron chi connectivity index (χ1n) is 12.7. The van der Waals surface area contributed by atoms with Gasteiger partial charge in [0.1, 0.15) is 5.82 Å². The molecule has 1 N–H and O–H groups in total. The molecule has 0 bridgehead atoms. The molecule has 1 aliphatic carbocycles. The van der Waals surface area contributed by atoms with Crippen molar-refractivity contribution in [1.82, 2.24) is 9.47 Å². The first-order chi connectivity index (χ1) is 17.0. The van der Waals surface area contributed by atoms with Crippen LogP contribution in [0.5, 0.6) is 0 Å². The number of nitrogens with zero attached hydrogens (tertiary/aromatic N) is 2. The smallest absolute Gasteiger partial charge is 0.261 e. The van der Waals surface area contributed by atoms with Crippen LogP contribution >= 0.6 is 0 Å². The van der Waals surface area contributed by atoms with Crippen molar-refractivity contribution in [3.63, 3.8) is 0 Å². The number of aromatic nitrogens is 1. The zero-order valence-corrected chi connectivity index (χ0v) is 21.9. The van der Waals surface area contributed by atoms with Crippen LogP contribution in [0.1, 0.15) is 63.9 Å². The van der Waals surface area contributed by atoms with Gasteiger partial charge in [-0.25, -0.2) is 12.8 Å². The van der Waals surface area contributed by atoms with E-state index in [4.69, 9.17) is 0 Å². The Hall–Kier alpha value is -2.87. The minimum absolute atomic E-state index is 0.0123. The Morgan fingerprint density at radius 2 is 1.75 bits per heavy atom. The molecule has 1 aliphatic heterocycles. The maximum atomic E-state index is 13.3. The van der Waals surface area contributed by atoms with Gasteiger partial charge in [-0.3, -0.25) is 9.52 Å². The van der Waals surface area contributed by atoms with Gasteiger partial charge in [-0.1, -0.05) is 12.8 Å². The van der Waals surface area contributed by atoms with Gasteiger partial charge in [-0.15, -0.1) is 0 Å². The fraction of sp³-hybridized carbons (Fsp3) is 0.464. The van der Waals surface area contributed by atoms with Crippen molar-refractivity contribution in [3.05, 3.63) is 60.0 Å². The summed E-state index contributed by atoms with van der Waals surface area (Å²) in [7, 11) is -1.84. The lowest BCUT2D eigenvalue weighted by molar-refractivity contribution is -0.143. The zero-order chi connectivity index (χ0) is 25.7. The average molecular weight is 512 g/mol. The monoisotopic (exact) mass is 511 g/mol. The number of likely N-dealkylation sites (tertiary alicyclic amines) is 1. The van der Waals surface area contributed by atoms with E-state index in [0.717, 1.165) is 68.1 Å². The molecule has 1 saturated heterocycles. The standard InChI is InChI=1S/C28H34FN3O3S/c1-28(2)17-20(14-15-32(28)27(33)19-6-4-5-7-19)25-18-31(3)26-13-10-22(16-24(25)26)30-36(34,35)23-11-8-21(29)9-12-23/h8-13,16,18-20,30H,4-7,14-15,17H2,1-3H3/t20-/m1/s1. The minimum atomic E-state index is -3.84. The van der Waals surface area contributed by atoms with Crippen molar-refractivity contribution in [3.8, 4) is 0 Å². The van der Waals surface area contributed by atoms with E-state index in [1.165, 1.54) is 17.7 Å². The van der Waals surface area contributed by atoms with E-state index in [0.29, 0.717) is 11.6 Å². The minimum Gasteiger partial charge on any atom is -0.350 e. The van der Waals surface area contributed by atoms with E-state index in [9.17, 15) is 17.6 Å².